The van der Waals surface area contributed by atoms with Crippen LogP contribution < -0.4 is 10.1 Å². The third-order valence-corrected chi connectivity index (χ3v) is 2.95. The molecule has 1 unspecified atom stereocenters. The van der Waals surface area contributed by atoms with Crippen molar-refractivity contribution in [2.24, 2.45) is 0 Å². The van der Waals surface area contributed by atoms with Crippen LogP contribution in [-0.4, -0.2) is 12.0 Å². The van der Waals surface area contributed by atoms with Gasteiger partial charge in [0.2, 0.25) is 5.88 Å². The van der Waals surface area contributed by atoms with Gasteiger partial charge in [-0.1, -0.05) is 30.3 Å². The predicted octanol–water partition coefficient (Wildman–Crippen LogP) is 4.28. The minimum absolute atomic E-state index is 0.0643. The molecule has 2 rings (SSSR count). The molecule has 0 saturated heterocycles. The first-order chi connectivity index (χ1) is 9.90. The maximum absolute atomic E-state index is 12.8. The van der Waals surface area contributed by atoms with E-state index in [1.807, 2.05) is 30.3 Å². The van der Waals surface area contributed by atoms with Crippen molar-refractivity contribution in [3.05, 3.63) is 53.6 Å². The number of pyridine rings is 1. The highest BCUT2D eigenvalue weighted by atomic mass is 19.4. The molecule has 1 atom stereocenters. The van der Waals surface area contributed by atoms with E-state index in [0.29, 0.717) is 0 Å². The van der Waals surface area contributed by atoms with Crippen LogP contribution in [0.25, 0.3) is 0 Å². The van der Waals surface area contributed by atoms with Gasteiger partial charge in [-0.05, 0) is 18.6 Å². The Bertz CT molecular complexity index is 600. The molecule has 0 spiro atoms. The van der Waals surface area contributed by atoms with Gasteiger partial charge in [-0.15, -0.1) is 0 Å². The Morgan fingerprint density at radius 2 is 1.81 bits per heavy atom. The van der Waals surface area contributed by atoms with Gasteiger partial charge >= 0.3 is 6.18 Å². The number of ether oxygens (including phenoxy) is 1. The van der Waals surface area contributed by atoms with E-state index in [-0.39, 0.29) is 11.7 Å². The summed E-state index contributed by atoms with van der Waals surface area (Å²) >= 11 is 0. The second kappa shape index (κ2) is 6.03. The van der Waals surface area contributed by atoms with Gasteiger partial charge in [0, 0.05) is 13.1 Å². The Kier molecular flexibility index (Phi) is 4.35. The summed E-state index contributed by atoms with van der Waals surface area (Å²) < 4.78 is 44.0. The molecule has 0 amide bonds. The van der Waals surface area contributed by atoms with Crippen LogP contribution in [0.15, 0.2) is 42.5 Å². The molecule has 112 valence electrons. The quantitative estimate of drug-likeness (QED) is 0.914. The predicted molar refractivity (Wildman–Crippen MR) is 74.3 cm³/mol. The van der Waals surface area contributed by atoms with Crippen molar-refractivity contribution in [2.45, 2.75) is 19.2 Å². The normalized spacial score (nSPS) is 12.8. The number of benzene rings is 1. The van der Waals surface area contributed by atoms with Crippen molar-refractivity contribution in [3.8, 4) is 5.88 Å². The Labute approximate surface area is 120 Å². The number of nitrogens with one attached hydrogen (secondary N) is 1. The number of nitrogens with zero attached hydrogens (tertiary/aromatic N) is 1. The fourth-order valence-corrected chi connectivity index (χ4v) is 1.83. The first-order valence-electron chi connectivity index (χ1n) is 6.39. The van der Waals surface area contributed by atoms with Crippen molar-refractivity contribution in [2.75, 3.05) is 12.4 Å². The molecule has 1 heterocycles. The van der Waals surface area contributed by atoms with Crippen molar-refractivity contribution >= 4 is 5.82 Å². The van der Waals surface area contributed by atoms with E-state index < -0.39 is 17.8 Å². The number of hydrogen-bond donors (Lipinski definition) is 1. The Morgan fingerprint density at radius 1 is 1.14 bits per heavy atom. The molecule has 1 aromatic heterocycles. The first kappa shape index (κ1) is 15.2. The van der Waals surface area contributed by atoms with Gasteiger partial charge in [0.05, 0.1) is 5.56 Å². The zero-order valence-electron chi connectivity index (χ0n) is 11.6. The summed E-state index contributed by atoms with van der Waals surface area (Å²) in [5.74, 6) is 0.0469. The highest BCUT2D eigenvalue weighted by Crippen LogP contribution is 2.33. The van der Waals surface area contributed by atoms with E-state index in [9.17, 15) is 13.2 Å². The number of anilines is 1. The topological polar surface area (TPSA) is 34.1 Å². The van der Waals surface area contributed by atoms with Crippen molar-refractivity contribution in [1.82, 2.24) is 4.98 Å². The number of halogens is 3. The van der Waals surface area contributed by atoms with Gasteiger partial charge in [0.15, 0.2) is 0 Å². The molecule has 1 aromatic carbocycles. The van der Waals surface area contributed by atoms with Gasteiger partial charge in [-0.2, -0.15) is 18.2 Å². The Morgan fingerprint density at radius 3 is 2.38 bits per heavy atom. The largest absolute Gasteiger partial charge is 0.470 e. The molecule has 0 fully saturated rings. The SMILES string of the molecule is CNc1cc(C(F)(F)F)cc(OC(C)c2ccccc2)n1. The molecule has 2 aromatic rings. The summed E-state index contributed by atoms with van der Waals surface area (Å²) in [6.45, 7) is 1.76. The van der Waals surface area contributed by atoms with E-state index in [1.165, 1.54) is 7.05 Å². The smallest absolute Gasteiger partial charge is 0.416 e. The van der Waals surface area contributed by atoms with Crippen molar-refractivity contribution < 1.29 is 17.9 Å². The van der Waals surface area contributed by atoms with Gasteiger partial charge in [0.1, 0.15) is 11.9 Å². The van der Waals surface area contributed by atoms with E-state index in [2.05, 4.69) is 10.3 Å². The molecule has 0 aliphatic carbocycles. The maximum Gasteiger partial charge on any atom is 0.416 e. The van der Waals surface area contributed by atoms with Gasteiger partial charge in [-0.25, -0.2) is 0 Å². The molecule has 3 nitrogen and oxygen atoms in total. The van der Waals surface area contributed by atoms with E-state index in [0.717, 1.165) is 17.7 Å². The molecular formula is C15H15F3N2O. The molecule has 0 aliphatic heterocycles. The standard InChI is InChI=1S/C15H15F3N2O/c1-10(11-6-4-3-5-7-11)21-14-9-12(15(16,17)18)8-13(19-2)20-14/h3-10H,1-2H3,(H,19,20). The number of alkyl halides is 3. The van der Waals surface area contributed by atoms with Crippen LogP contribution in [0.4, 0.5) is 19.0 Å². The fourth-order valence-electron chi connectivity index (χ4n) is 1.83. The van der Waals surface area contributed by atoms with Crippen LogP contribution >= 0.6 is 0 Å². The summed E-state index contributed by atoms with van der Waals surface area (Å²) in [6.07, 6.45) is -4.84. The van der Waals surface area contributed by atoms with Crippen LogP contribution in [0.2, 0.25) is 0 Å². The van der Waals surface area contributed by atoms with Gasteiger partial charge in [0.25, 0.3) is 0 Å². The molecule has 0 saturated carbocycles. The molecule has 21 heavy (non-hydrogen) atoms. The lowest BCUT2D eigenvalue weighted by Gasteiger charge is -2.16. The highest BCUT2D eigenvalue weighted by Gasteiger charge is 2.32. The summed E-state index contributed by atoms with van der Waals surface area (Å²) in [5.41, 5.74) is 0.0693. The average Bonchev–Trinajstić information content (AvgIpc) is 2.46. The fraction of sp³-hybridized carbons (Fsp3) is 0.267. The summed E-state index contributed by atoms with van der Waals surface area (Å²) in [4.78, 5) is 4.00. The molecule has 1 N–H and O–H groups in total. The van der Waals surface area contributed by atoms with Gasteiger partial charge in [-0.3, -0.25) is 0 Å². The monoisotopic (exact) mass is 296 g/mol. The lowest BCUT2D eigenvalue weighted by molar-refractivity contribution is -0.137. The van der Waals surface area contributed by atoms with Crippen LogP contribution in [0.3, 0.4) is 0 Å². The van der Waals surface area contributed by atoms with E-state index in [4.69, 9.17) is 4.74 Å². The van der Waals surface area contributed by atoms with Crippen molar-refractivity contribution in [1.29, 1.82) is 0 Å². The van der Waals surface area contributed by atoms with Crippen LogP contribution in [-0.2, 0) is 6.18 Å². The Hall–Kier alpha value is -2.24. The zero-order chi connectivity index (χ0) is 15.5. The van der Waals surface area contributed by atoms with Crippen LogP contribution in [0.1, 0.15) is 24.2 Å². The lowest BCUT2D eigenvalue weighted by Crippen LogP contribution is -2.10. The third kappa shape index (κ3) is 3.87. The lowest BCUT2D eigenvalue weighted by atomic mass is 10.1. The van der Waals surface area contributed by atoms with Crippen LogP contribution in [0, 0.1) is 0 Å². The molecule has 0 bridgehead atoms. The summed E-state index contributed by atoms with van der Waals surface area (Å²) in [5, 5.41) is 2.60. The summed E-state index contributed by atoms with van der Waals surface area (Å²) in [7, 11) is 1.51. The summed E-state index contributed by atoms with van der Waals surface area (Å²) in [6, 6.07) is 11.1. The molecular weight excluding hydrogens is 281 g/mol. The average molecular weight is 296 g/mol. The van der Waals surface area contributed by atoms with Gasteiger partial charge < -0.3 is 10.1 Å². The molecule has 0 radical (unpaired) electrons. The number of rotatable bonds is 4. The maximum atomic E-state index is 12.8. The third-order valence-electron chi connectivity index (χ3n) is 2.95. The number of aromatic nitrogens is 1. The Balaban J connectivity index is 2.27. The number of hydrogen-bond acceptors (Lipinski definition) is 3. The highest BCUT2D eigenvalue weighted by molar-refractivity contribution is 5.42. The minimum Gasteiger partial charge on any atom is -0.470 e. The first-order valence-corrected chi connectivity index (χ1v) is 6.39. The molecule has 6 heteroatoms. The molecule has 0 aliphatic rings. The van der Waals surface area contributed by atoms with E-state index in [1.54, 1.807) is 6.92 Å². The minimum atomic E-state index is -4.44. The van der Waals surface area contributed by atoms with E-state index >= 15 is 0 Å². The zero-order valence-corrected chi connectivity index (χ0v) is 11.6. The van der Waals surface area contributed by atoms with Crippen LogP contribution in [0.5, 0.6) is 5.88 Å². The van der Waals surface area contributed by atoms with Crippen molar-refractivity contribution in [3.63, 3.8) is 0 Å². The second-order valence-electron chi connectivity index (χ2n) is 4.50. The second-order valence-corrected chi connectivity index (χ2v) is 4.50.